The lowest BCUT2D eigenvalue weighted by Gasteiger charge is -2.03. The van der Waals surface area contributed by atoms with Crippen molar-refractivity contribution in [3.8, 4) is 5.75 Å². The Balaban J connectivity index is 1.87. The van der Waals surface area contributed by atoms with Gasteiger partial charge >= 0.3 is 0 Å². The van der Waals surface area contributed by atoms with Crippen molar-refractivity contribution >= 4 is 49.9 Å². The van der Waals surface area contributed by atoms with E-state index in [0.717, 1.165) is 10.2 Å². The number of benzene rings is 2. The zero-order valence-corrected chi connectivity index (χ0v) is 12.2. The Hall–Kier alpha value is -2.31. The van der Waals surface area contributed by atoms with Crippen LogP contribution in [-0.4, -0.2) is 16.0 Å². The molecule has 0 spiro atoms. The Bertz CT molecular complexity index is 847. The minimum absolute atomic E-state index is 0.126. The zero-order chi connectivity index (χ0) is 15.0. The van der Waals surface area contributed by atoms with Gasteiger partial charge in [0.25, 0.3) is 5.91 Å². The molecule has 1 amide bonds. The molecule has 0 aliphatic heterocycles. The van der Waals surface area contributed by atoms with Crippen molar-refractivity contribution in [2.75, 3.05) is 11.1 Å². The fraction of sp³-hybridized carbons (Fsp3) is 0. The Morgan fingerprint density at radius 3 is 2.86 bits per heavy atom. The quantitative estimate of drug-likeness (QED) is 0.498. The Labute approximate surface area is 129 Å². The van der Waals surface area contributed by atoms with Crippen molar-refractivity contribution in [1.29, 1.82) is 0 Å². The number of nitrogens with zero attached hydrogens (tertiary/aromatic N) is 1. The number of fused-ring (bicyclic) bond motifs is 1. The maximum absolute atomic E-state index is 12.1. The molecule has 21 heavy (non-hydrogen) atoms. The Kier molecular flexibility index (Phi) is 3.40. The Morgan fingerprint density at radius 1 is 1.29 bits per heavy atom. The largest absolute Gasteiger partial charge is 0.506 e. The maximum atomic E-state index is 12.1. The van der Waals surface area contributed by atoms with E-state index < -0.39 is 0 Å². The third kappa shape index (κ3) is 2.76. The van der Waals surface area contributed by atoms with Crippen LogP contribution >= 0.6 is 22.9 Å². The van der Waals surface area contributed by atoms with Gasteiger partial charge in [0, 0.05) is 10.6 Å². The number of phenolic OH excluding ortho intramolecular Hbond substituents is 1. The summed E-state index contributed by atoms with van der Waals surface area (Å²) in [5, 5.41) is 13.3. The predicted molar refractivity (Wildman–Crippen MR) is 85.1 cm³/mol. The van der Waals surface area contributed by atoms with E-state index in [-0.39, 0.29) is 17.3 Å². The average molecular weight is 320 g/mol. The van der Waals surface area contributed by atoms with Crippen LogP contribution in [0.3, 0.4) is 0 Å². The number of nitrogens with one attached hydrogen (secondary N) is 1. The highest BCUT2D eigenvalue weighted by molar-refractivity contribution is 7.22. The van der Waals surface area contributed by atoms with Crippen LogP contribution < -0.4 is 11.1 Å². The number of rotatable bonds is 2. The zero-order valence-electron chi connectivity index (χ0n) is 10.6. The minimum atomic E-state index is -0.365. The van der Waals surface area contributed by atoms with Gasteiger partial charge in [-0.15, -0.1) is 0 Å². The molecule has 0 saturated carbocycles. The van der Waals surface area contributed by atoms with Gasteiger partial charge < -0.3 is 10.8 Å². The van der Waals surface area contributed by atoms with E-state index in [1.165, 1.54) is 29.5 Å². The Morgan fingerprint density at radius 2 is 2.10 bits per heavy atom. The fourth-order valence-electron chi connectivity index (χ4n) is 1.81. The normalized spacial score (nSPS) is 10.7. The number of hydrogen-bond acceptors (Lipinski definition) is 5. The molecule has 0 radical (unpaired) electrons. The van der Waals surface area contributed by atoms with Crippen LogP contribution in [0.25, 0.3) is 10.2 Å². The van der Waals surface area contributed by atoms with Gasteiger partial charge in [-0.05, 0) is 36.4 Å². The summed E-state index contributed by atoms with van der Waals surface area (Å²) in [7, 11) is 0. The molecule has 0 aliphatic carbocycles. The molecule has 3 aromatic rings. The standard InChI is InChI=1S/C14H10ClN3O2S/c15-8-2-4-10-12(6-8)21-14(17-10)18-13(20)7-1-3-9(16)11(19)5-7/h1-6,19H,16H2,(H,17,18,20). The van der Waals surface area contributed by atoms with Crippen LogP contribution in [0.4, 0.5) is 10.8 Å². The van der Waals surface area contributed by atoms with Crippen LogP contribution in [0.15, 0.2) is 36.4 Å². The molecule has 0 saturated heterocycles. The number of amides is 1. The van der Waals surface area contributed by atoms with Crippen molar-refractivity contribution in [3.05, 3.63) is 47.0 Å². The summed E-state index contributed by atoms with van der Waals surface area (Å²) in [5.74, 6) is -0.491. The molecule has 3 rings (SSSR count). The number of thiazole rings is 1. The van der Waals surface area contributed by atoms with Gasteiger partial charge in [-0.1, -0.05) is 22.9 Å². The molecule has 7 heteroatoms. The monoisotopic (exact) mass is 319 g/mol. The molecule has 1 aromatic heterocycles. The highest BCUT2D eigenvalue weighted by Gasteiger charge is 2.11. The number of carbonyl (C=O) groups is 1. The second-order valence-corrected chi connectivity index (χ2v) is 5.83. The summed E-state index contributed by atoms with van der Waals surface area (Å²) in [4.78, 5) is 16.4. The first-order chi connectivity index (χ1) is 10.0. The van der Waals surface area contributed by atoms with Gasteiger partial charge in [0.15, 0.2) is 5.13 Å². The SMILES string of the molecule is Nc1ccc(C(=O)Nc2nc3ccc(Cl)cc3s2)cc1O. The first-order valence-corrected chi connectivity index (χ1v) is 7.18. The minimum Gasteiger partial charge on any atom is -0.506 e. The van der Waals surface area contributed by atoms with Crippen LogP contribution in [0.5, 0.6) is 5.75 Å². The van der Waals surface area contributed by atoms with E-state index in [1.54, 1.807) is 18.2 Å². The second kappa shape index (κ2) is 5.23. The van der Waals surface area contributed by atoms with Gasteiger partial charge in [0.1, 0.15) is 5.75 Å². The van der Waals surface area contributed by atoms with Crippen molar-refractivity contribution in [1.82, 2.24) is 4.98 Å². The van der Waals surface area contributed by atoms with Crippen LogP contribution in [0, 0.1) is 0 Å². The molecule has 1 heterocycles. The van der Waals surface area contributed by atoms with E-state index in [1.807, 2.05) is 0 Å². The maximum Gasteiger partial charge on any atom is 0.257 e. The first kappa shape index (κ1) is 13.7. The lowest BCUT2D eigenvalue weighted by Crippen LogP contribution is -2.11. The molecule has 0 atom stereocenters. The van der Waals surface area contributed by atoms with Gasteiger partial charge in [0.2, 0.25) is 0 Å². The van der Waals surface area contributed by atoms with Crippen LogP contribution in [0.2, 0.25) is 5.02 Å². The van der Waals surface area contributed by atoms with Crippen molar-refractivity contribution < 1.29 is 9.90 Å². The average Bonchev–Trinajstić information content (AvgIpc) is 2.83. The number of carbonyl (C=O) groups excluding carboxylic acids is 1. The molecule has 2 aromatic carbocycles. The third-order valence-electron chi connectivity index (χ3n) is 2.86. The van der Waals surface area contributed by atoms with Crippen LogP contribution in [-0.2, 0) is 0 Å². The predicted octanol–water partition coefficient (Wildman–Crippen LogP) is 3.49. The third-order valence-corrected chi connectivity index (χ3v) is 4.03. The number of nitrogen functional groups attached to an aromatic ring is 1. The number of aromatic hydroxyl groups is 1. The number of aromatic nitrogens is 1. The molecule has 0 aliphatic rings. The molecule has 0 fully saturated rings. The number of halogens is 1. The summed E-state index contributed by atoms with van der Waals surface area (Å²) in [6.07, 6.45) is 0. The number of phenols is 1. The van der Waals surface area contributed by atoms with E-state index in [0.29, 0.717) is 15.7 Å². The smallest absolute Gasteiger partial charge is 0.257 e. The van der Waals surface area contributed by atoms with Crippen molar-refractivity contribution in [2.45, 2.75) is 0 Å². The van der Waals surface area contributed by atoms with Gasteiger partial charge in [-0.2, -0.15) is 0 Å². The molecule has 0 bridgehead atoms. The van der Waals surface area contributed by atoms with E-state index in [9.17, 15) is 9.90 Å². The summed E-state index contributed by atoms with van der Waals surface area (Å²) >= 11 is 7.24. The number of nitrogens with two attached hydrogens (primary N) is 1. The summed E-state index contributed by atoms with van der Waals surface area (Å²) in [6.45, 7) is 0. The molecular formula is C14H10ClN3O2S. The lowest BCUT2D eigenvalue weighted by molar-refractivity contribution is 0.102. The van der Waals surface area contributed by atoms with Crippen molar-refractivity contribution in [3.63, 3.8) is 0 Å². The fourth-order valence-corrected chi connectivity index (χ4v) is 2.94. The molecule has 5 nitrogen and oxygen atoms in total. The van der Waals surface area contributed by atoms with E-state index in [2.05, 4.69) is 10.3 Å². The molecular weight excluding hydrogens is 310 g/mol. The van der Waals surface area contributed by atoms with Crippen molar-refractivity contribution in [2.24, 2.45) is 0 Å². The van der Waals surface area contributed by atoms with Gasteiger partial charge in [-0.25, -0.2) is 4.98 Å². The topological polar surface area (TPSA) is 88.2 Å². The summed E-state index contributed by atoms with van der Waals surface area (Å²) in [5.41, 5.74) is 6.79. The number of anilines is 2. The van der Waals surface area contributed by atoms with Gasteiger partial charge in [-0.3, -0.25) is 10.1 Å². The highest BCUT2D eigenvalue weighted by Crippen LogP contribution is 2.29. The lowest BCUT2D eigenvalue weighted by atomic mass is 10.2. The number of hydrogen-bond donors (Lipinski definition) is 3. The molecule has 0 unspecified atom stereocenters. The van der Waals surface area contributed by atoms with E-state index >= 15 is 0 Å². The van der Waals surface area contributed by atoms with E-state index in [4.69, 9.17) is 17.3 Å². The van der Waals surface area contributed by atoms with Crippen LogP contribution in [0.1, 0.15) is 10.4 Å². The molecule has 106 valence electrons. The molecule has 4 N–H and O–H groups in total. The van der Waals surface area contributed by atoms with Gasteiger partial charge in [0.05, 0.1) is 15.9 Å². The first-order valence-electron chi connectivity index (χ1n) is 5.99. The highest BCUT2D eigenvalue weighted by atomic mass is 35.5. The summed E-state index contributed by atoms with van der Waals surface area (Å²) in [6, 6.07) is 9.65. The summed E-state index contributed by atoms with van der Waals surface area (Å²) < 4.78 is 0.887. The second-order valence-electron chi connectivity index (χ2n) is 4.36.